The summed E-state index contributed by atoms with van der Waals surface area (Å²) in [6.07, 6.45) is -1.68. The third kappa shape index (κ3) is 4.69. The Morgan fingerprint density at radius 3 is 2.70 bits per heavy atom. The standard InChI is InChI=1S/C21H16F2N4O2S/c1-21(22,23)29-15-6-2-5-14(12-15)16-9-8-13-4-3-7-17(18(13)25-16)26-19(28)27-20-24-10-11-30-20/h2-12H,1H3,(H2,24,26,27,28). The molecule has 6 nitrogen and oxygen atoms in total. The summed E-state index contributed by atoms with van der Waals surface area (Å²) >= 11 is 1.31. The minimum Gasteiger partial charge on any atom is -0.433 e. The summed E-state index contributed by atoms with van der Waals surface area (Å²) in [7, 11) is 0. The van der Waals surface area contributed by atoms with Crippen molar-refractivity contribution in [3.63, 3.8) is 0 Å². The van der Waals surface area contributed by atoms with E-state index in [4.69, 9.17) is 0 Å². The van der Waals surface area contributed by atoms with Crippen molar-refractivity contribution in [2.24, 2.45) is 0 Å². The number of nitrogens with zero attached hydrogens (tertiary/aromatic N) is 2. The van der Waals surface area contributed by atoms with E-state index < -0.39 is 12.1 Å². The van der Waals surface area contributed by atoms with Gasteiger partial charge >= 0.3 is 12.1 Å². The van der Waals surface area contributed by atoms with Crippen molar-refractivity contribution in [2.75, 3.05) is 10.6 Å². The number of hydrogen-bond acceptors (Lipinski definition) is 5. The van der Waals surface area contributed by atoms with Gasteiger partial charge in [-0.1, -0.05) is 30.3 Å². The number of rotatable bonds is 5. The van der Waals surface area contributed by atoms with E-state index in [0.29, 0.717) is 34.5 Å². The molecule has 0 atom stereocenters. The van der Waals surface area contributed by atoms with Crippen LogP contribution < -0.4 is 15.4 Å². The van der Waals surface area contributed by atoms with Crippen molar-refractivity contribution in [1.82, 2.24) is 9.97 Å². The molecule has 0 fully saturated rings. The van der Waals surface area contributed by atoms with Crippen LogP contribution in [0.1, 0.15) is 6.92 Å². The number of carbonyl (C=O) groups is 1. The van der Waals surface area contributed by atoms with Crippen molar-refractivity contribution in [2.45, 2.75) is 13.0 Å². The van der Waals surface area contributed by atoms with Gasteiger partial charge in [-0.25, -0.2) is 14.8 Å². The minimum absolute atomic E-state index is 0.0381. The molecular formula is C21H16F2N4O2S. The number of alkyl halides is 2. The number of halogens is 2. The van der Waals surface area contributed by atoms with Crippen LogP contribution in [0.15, 0.2) is 66.2 Å². The second-order valence-corrected chi connectivity index (χ2v) is 7.32. The smallest absolute Gasteiger partial charge is 0.394 e. The molecule has 2 aromatic heterocycles. The average Bonchev–Trinajstić information content (AvgIpc) is 3.20. The van der Waals surface area contributed by atoms with Gasteiger partial charge in [0.15, 0.2) is 5.13 Å². The molecule has 2 N–H and O–H groups in total. The fourth-order valence-corrected chi connectivity index (χ4v) is 3.39. The Bertz CT molecular complexity index is 1190. The first kappa shape index (κ1) is 19.7. The molecule has 2 heterocycles. The van der Waals surface area contributed by atoms with Crippen LogP contribution in [0.5, 0.6) is 5.75 Å². The molecule has 4 aromatic rings. The normalized spacial score (nSPS) is 11.3. The highest BCUT2D eigenvalue weighted by Gasteiger charge is 2.23. The molecule has 9 heteroatoms. The summed E-state index contributed by atoms with van der Waals surface area (Å²) in [6.45, 7) is 0.683. The molecule has 4 rings (SSSR count). The predicted molar refractivity (Wildman–Crippen MR) is 113 cm³/mol. The highest BCUT2D eigenvalue weighted by Crippen LogP contribution is 2.29. The van der Waals surface area contributed by atoms with Crippen LogP contribution in [0.25, 0.3) is 22.2 Å². The molecule has 0 bridgehead atoms. The zero-order valence-corrected chi connectivity index (χ0v) is 16.5. The summed E-state index contributed by atoms with van der Waals surface area (Å²) in [5.41, 5.74) is 2.25. The van der Waals surface area contributed by atoms with E-state index >= 15 is 0 Å². The Labute approximate surface area is 174 Å². The number of carbonyl (C=O) groups excluding carboxylic acids is 1. The number of ether oxygens (including phenoxy) is 1. The average molecular weight is 426 g/mol. The molecule has 0 aliphatic rings. The van der Waals surface area contributed by atoms with E-state index in [1.54, 1.807) is 41.9 Å². The SMILES string of the molecule is CC(F)(F)Oc1cccc(-c2ccc3cccc(NC(=O)Nc4nccs4)c3n2)c1. The van der Waals surface area contributed by atoms with Gasteiger partial charge in [-0.15, -0.1) is 11.3 Å². The maximum absolute atomic E-state index is 13.2. The van der Waals surface area contributed by atoms with Crippen molar-refractivity contribution < 1.29 is 18.3 Å². The number of amides is 2. The number of urea groups is 1. The number of aromatic nitrogens is 2. The highest BCUT2D eigenvalue weighted by atomic mass is 32.1. The van der Waals surface area contributed by atoms with E-state index in [1.807, 2.05) is 12.1 Å². The second-order valence-electron chi connectivity index (χ2n) is 6.43. The summed E-state index contributed by atoms with van der Waals surface area (Å²) in [6, 6.07) is 14.9. The van der Waals surface area contributed by atoms with Gasteiger partial charge < -0.3 is 10.1 Å². The molecule has 0 saturated carbocycles. The Balaban J connectivity index is 1.64. The van der Waals surface area contributed by atoms with Gasteiger partial charge in [0.25, 0.3) is 0 Å². The number of benzene rings is 2. The summed E-state index contributed by atoms with van der Waals surface area (Å²) in [5, 5.41) is 8.48. The van der Waals surface area contributed by atoms with E-state index in [2.05, 4.69) is 25.3 Å². The van der Waals surface area contributed by atoms with Gasteiger partial charge in [0.05, 0.1) is 16.9 Å². The Morgan fingerprint density at radius 2 is 1.93 bits per heavy atom. The van der Waals surface area contributed by atoms with Crippen LogP contribution in [-0.4, -0.2) is 22.1 Å². The Kier molecular flexibility index (Phi) is 5.28. The molecular weight excluding hydrogens is 410 g/mol. The Hall–Kier alpha value is -3.59. The topological polar surface area (TPSA) is 76.1 Å². The molecule has 0 aliphatic carbocycles. The third-order valence-corrected chi connectivity index (χ3v) is 4.74. The van der Waals surface area contributed by atoms with Gasteiger partial charge in [0.2, 0.25) is 0 Å². The molecule has 2 amide bonds. The van der Waals surface area contributed by atoms with Crippen LogP contribution in [0.3, 0.4) is 0 Å². The van der Waals surface area contributed by atoms with Crippen LogP contribution in [0, 0.1) is 0 Å². The molecule has 0 aliphatic heterocycles. The quantitative estimate of drug-likeness (QED) is 0.411. The minimum atomic E-state index is -3.28. The Morgan fingerprint density at radius 1 is 1.10 bits per heavy atom. The van der Waals surface area contributed by atoms with Gasteiger partial charge in [-0.3, -0.25) is 5.32 Å². The highest BCUT2D eigenvalue weighted by molar-refractivity contribution is 7.13. The zero-order chi connectivity index (χ0) is 21.1. The lowest BCUT2D eigenvalue weighted by Crippen LogP contribution is -2.19. The zero-order valence-electron chi connectivity index (χ0n) is 15.7. The molecule has 152 valence electrons. The number of pyridine rings is 1. The number of anilines is 2. The molecule has 0 radical (unpaired) electrons. The fraction of sp³-hybridized carbons (Fsp3) is 0.0952. The lowest BCUT2D eigenvalue weighted by atomic mass is 10.1. The first-order valence-electron chi connectivity index (χ1n) is 8.92. The lowest BCUT2D eigenvalue weighted by molar-refractivity contribution is -0.158. The van der Waals surface area contributed by atoms with Gasteiger partial charge in [-0.2, -0.15) is 8.78 Å². The lowest BCUT2D eigenvalue weighted by Gasteiger charge is -2.14. The first-order valence-corrected chi connectivity index (χ1v) is 9.80. The maximum atomic E-state index is 13.2. The van der Waals surface area contributed by atoms with Crippen LogP contribution >= 0.6 is 11.3 Å². The molecule has 2 aromatic carbocycles. The molecule has 30 heavy (non-hydrogen) atoms. The molecule has 0 saturated heterocycles. The predicted octanol–water partition coefficient (Wildman–Crippen LogP) is 5.99. The molecule has 0 unspecified atom stereocenters. The summed E-state index contributed by atoms with van der Waals surface area (Å²) in [4.78, 5) is 20.9. The maximum Gasteiger partial charge on any atom is 0.394 e. The fourth-order valence-electron chi connectivity index (χ4n) is 2.87. The number of nitrogens with one attached hydrogen (secondary N) is 2. The van der Waals surface area contributed by atoms with E-state index in [1.165, 1.54) is 23.5 Å². The largest absolute Gasteiger partial charge is 0.433 e. The van der Waals surface area contributed by atoms with E-state index in [9.17, 15) is 13.6 Å². The number of para-hydroxylation sites is 1. The number of fused-ring (bicyclic) bond motifs is 1. The monoisotopic (exact) mass is 426 g/mol. The molecule has 0 spiro atoms. The summed E-state index contributed by atoms with van der Waals surface area (Å²) in [5.74, 6) is 0.0381. The summed E-state index contributed by atoms with van der Waals surface area (Å²) < 4.78 is 31.0. The van der Waals surface area contributed by atoms with Crippen molar-refractivity contribution in [3.05, 3.63) is 66.2 Å². The third-order valence-electron chi connectivity index (χ3n) is 4.05. The van der Waals surface area contributed by atoms with Crippen LogP contribution in [0.4, 0.5) is 24.4 Å². The van der Waals surface area contributed by atoms with Crippen molar-refractivity contribution >= 4 is 39.1 Å². The second kappa shape index (κ2) is 8.03. The number of thiazole rings is 1. The van der Waals surface area contributed by atoms with E-state index in [0.717, 1.165) is 5.39 Å². The van der Waals surface area contributed by atoms with Gasteiger partial charge in [0, 0.05) is 29.5 Å². The van der Waals surface area contributed by atoms with Crippen LogP contribution in [-0.2, 0) is 0 Å². The van der Waals surface area contributed by atoms with E-state index in [-0.39, 0.29) is 5.75 Å². The van der Waals surface area contributed by atoms with Crippen molar-refractivity contribution in [3.8, 4) is 17.0 Å². The number of hydrogen-bond donors (Lipinski definition) is 2. The first-order chi connectivity index (χ1) is 14.4. The van der Waals surface area contributed by atoms with Crippen LogP contribution in [0.2, 0.25) is 0 Å². The van der Waals surface area contributed by atoms with Crippen molar-refractivity contribution in [1.29, 1.82) is 0 Å². The van der Waals surface area contributed by atoms with Gasteiger partial charge in [0.1, 0.15) is 5.75 Å². The van der Waals surface area contributed by atoms with Gasteiger partial charge in [-0.05, 0) is 24.3 Å².